The van der Waals surface area contributed by atoms with E-state index in [-0.39, 0.29) is 5.57 Å². The van der Waals surface area contributed by atoms with Crippen molar-refractivity contribution in [1.29, 1.82) is 5.26 Å². The van der Waals surface area contributed by atoms with Crippen LogP contribution >= 0.6 is 23.2 Å². The molecule has 4 nitrogen and oxygen atoms in total. The summed E-state index contributed by atoms with van der Waals surface area (Å²) in [6.45, 7) is 2.48. The lowest BCUT2D eigenvalue weighted by molar-refractivity contribution is -0.112. The molecule has 1 heterocycles. The molecule has 0 aliphatic heterocycles. The summed E-state index contributed by atoms with van der Waals surface area (Å²) >= 11 is 12.2. The van der Waals surface area contributed by atoms with Crippen LogP contribution in [-0.2, 0) is 11.3 Å². The van der Waals surface area contributed by atoms with Gasteiger partial charge in [0, 0.05) is 34.9 Å². The third-order valence-electron chi connectivity index (χ3n) is 5.21. The van der Waals surface area contributed by atoms with Crippen molar-refractivity contribution in [2.24, 2.45) is 0 Å². The minimum Gasteiger partial charge on any atom is -0.342 e. The maximum atomic E-state index is 12.8. The first-order chi connectivity index (χ1) is 15.5. The van der Waals surface area contributed by atoms with Crippen molar-refractivity contribution in [3.8, 4) is 6.07 Å². The fraction of sp³-hybridized carbons (Fsp3) is 0.0769. The highest BCUT2D eigenvalue weighted by Crippen LogP contribution is 2.27. The molecule has 0 bridgehead atoms. The number of hydrogen-bond acceptors (Lipinski definition) is 2. The lowest BCUT2D eigenvalue weighted by Crippen LogP contribution is -2.14. The number of amides is 1. The highest BCUT2D eigenvalue weighted by molar-refractivity contribution is 6.42. The van der Waals surface area contributed by atoms with E-state index >= 15 is 0 Å². The Hall–Kier alpha value is -3.52. The van der Waals surface area contributed by atoms with Gasteiger partial charge in [0.1, 0.15) is 11.6 Å². The highest BCUT2D eigenvalue weighted by atomic mass is 35.5. The second-order valence-electron chi connectivity index (χ2n) is 7.42. The number of fused-ring (bicyclic) bond motifs is 1. The number of benzene rings is 3. The summed E-state index contributed by atoms with van der Waals surface area (Å²) in [5.74, 6) is -0.442. The highest BCUT2D eigenvalue weighted by Gasteiger charge is 2.14. The fourth-order valence-electron chi connectivity index (χ4n) is 3.56. The number of rotatable bonds is 5. The smallest absolute Gasteiger partial charge is 0.266 e. The van der Waals surface area contributed by atoms with Crippen LogP contribution in [0.2, 0.25) is 10.0 Å². The predicted molar refractivity (Wildman–Crippen MR) is 131 cm³/mol. The number of nitrogens with zero attached hydrogens (tertiary/aromatic N) is 2. The van der Waals surface area contributed by atoms with Gasteiger partial charge in [-0.1, -0.05) is 65.7 Å². The van der Waals surface area contributed by atoms with E-state index in [2.05, 4.69) is 9.88 Å². The zero-order valence-corrected chi connectivity index (χ0v) is 18.8. The largest absolute Gasteiger partial charge is 0.342 e. The molecule has 0 fully saturated rings. The molecule has 0 aliphatic carbocycles. The van der Waals surface area contributed by atoms with Gasteiger partial charge in [-0.05, 0) is 48.4 Å². The van der Waals surface area contributed by atoms with Crippen LogP contribution in [-0.4, -0.2) is 10.5 Å². The summed E-state index contributed by atoms with van der Waals surface area (Å²) in [6, 6.07) is 22.9. The number of nitriles is 1. The average Bonchev–Trinajstić information content (AvgIpc) is 3.13. The second-order valence-corrected chi connectivity index (χ2v) is 8.23. The van der Waals surface area contributed by atoms with Crippen LogP contribution < -0.4 is 5.32 Å². The van der Waals surface area contributed by atoms with Crippen LogP contribution in [0, 0.1) is 18.3 Å². The van der Waals surface area contributed by atoms with Gasteiger partial charge >= 0.3 is 0 Å². The molecule has 0 spiro atoms. The molecule has 1 aromatic heterocycles. The van der Waals surface area contributed by atoms with E-state index in [9.17, 15) is 10.1 Å². The van der Waals surface area contributed by atoms with Crippen molar-refractivity contribution in [2.75, 3.05) is 5.32 Å². The number of carbonyl (C=O) groups excluding carboxylic acids is 1. The molecule has 6 heteroatoms. The van der Waals surface area contributed by atoms with Gasteiger partial charge in [-0.3, -0.25) is 4.79 Å². The van der Waals surface area contributed by atoms with E-state index in [1.54, 1.807) is 12.1 Å². The Bertz CT molecular complexity index is 1400. The van der Waals surface area contributed by atoms with Gasteiger partial charge in [-0.25, -0.2) is 0 Å². The van der Waals surface area contributed by atoms with Crippen LogP contribution in [0.5, 0.6) is 0 Å². The predicted octanol–water partition coefficient (Wildman–Crippen LogP) is 6.85. The average molecular weight is 460 g/mol. The van der Waals surface area contributed by atoms with Crippen LogP contribution in [0.4, 0.5) is 5.69 Å². The van der Waals surface area contributed by atoms with Crippen molar-refractivity contribution >= 4 is 51.8 Å². The van der Waals surface area contributed by atoms with E-state index < -0.39 is 5.91 Å². The normalized spacial score (nSPS) is 11.4. The first-order valence-corrected chi connectivity index (χ1v) is 10.7. The summed E-state index contributed by atoms with van der Waals surface area (Å²) in [4.78, 5) is 12.8. The minimum atomic E-state index is -0.442. The molecular weight excluding hydrogens is 441 g/mol. The number of aryl methyl sites for hydroxylation is 1. The number of anilines is 1. The summed E-state index contributed by atoms with van der Waals surface area (Å²) in [6.07, 6.45) is 3.56. The quantitative estimate of drug-likeness (QED) is 0.262. The molecule has 0 radical (unpaired) electrons. The zero-order valence-electron chi connectivity index (χ0n) is 17.3. The van der Waals surface area contributed by atoms with E-state index in [0.29, 0.717) is 22.3 Å². The third-order valence-corrected chi connectivity index (χ3v) is 5.95. The topological polar surface area (TPSA) is 57.8 Å². The van der Waals surface area contributed by atoms with Crippen LogP contribution in [0.25, 0.3) is 17.0 Å². The molecule has 158 valence electrons. The molecule has 3 aromatic carbocycles. The third kappa shape index (κ3) is 4.55. The van der Waals surface area contributed by atoms with Gasteiger partial charge in [0.05, 0.1) is 10.0 Å². The molecule has 0 saturated heterocycles. The van der Waals surface area contributed by atoms with Crippen molar-refractivity contribution < 1.29 is 4.79 Å². The number of aromatic nitrogens is 1. The zero-order chi connectivity index (χ0) is 22.7. The van der Waals surface area contributed by atoms with Gasteiger partial charge in [0.25, 0.3) is 5.91 Å². The molecule has 4 aromatic rings. The van der Waals surface area contributed by atoms with Crippen molar-refractivity contribution in [3.63, 3.8) is 0 Å². The molecule has 0 aliphatic rings. The number of para-hydroxylation sites is 2. The monoisotopic (exact) mass is 459 g/mol. The Balaban J connectivity index is 1.69. The minimum absolute atomic E-state index is 0.0330. The summed E-state index contributed by atoms with van der Waals surface area (Å²) in [5, 5.41) is 14.4. The molecule has 0 saturated carbocycles. The van der Waals surface area contributed by atoms with E-state index in [1.165, 1.54) is 0 Å². The molecule has 1 amide bonds. The Morgan fingerprint density at radius 2 is 1.81 bits per heavy atom. The maximum Gasteiger partial charge on any atom is 0.266 e. The number of carbonyl (C=O) groups is 1. The number of halogens is 2. The van der Waals surface area contributed by atoms with Crippen molar-refractivity contribution in [2.45, 2.75) is 13.5 Å². The first kappa shape index (κ1) is 21.7. The Morgan fingerprint density at radius 1 is 1.06 bits per heavy atom. The molecular formula is C26H19Cl2N3O. The van der Waals surface area contributed by atoms with Crippen molar-refractivity contribution in [1.82, 2.24) is 4.57 Å². The van der Waals surface area contributed by atoms with E-state index in [0.717, 1.165) is 27.6 Å². The SMILES string of the molecule is Cc1ccccc1NC(=O)/C(C#N)=C\c1cn(Cc2ccc(Cl)c(Cl)c2)c2ccccc12. The lowest BCUT2D eigenvalue weighted by Gasteiger charge is -2.07. The first-order valence-electron chi connectivity index (χ1n) is 9.97. The Labute approximate surface area is 196 Å². The van der Waals surface area contributed by atoms with Gasteiger partial charge in [0.2, 0.25) is 0 Å². The molecule has 0 unspecified atom stereocenters. The number of nitrogens with one attached hydrogen (secondary N) is 1. The fourth-order valence-corrected chi connectivity index (χ4v) is 3.88. The van der Waals surface area contributed by atoms with Gasteiger partial charge in [-0.15, -0.1) is 0 Å². The molecule has 4 rings (SSSR count). The molecule has 0 atom stereocenters. The number of hydrogen-bond donors (Lipinski definition) is 1. The van der Waals surface area contributed by atoms with Crippen LogP contribution in [0.3, 0.4) is 0 Å². The Kier molecular flexibility index (Phi) is 6.32. The summed E-state index contributed by atoms with van der Waals surface area (Å²) in [5.41, 5.74) is 4.41. The molecule has 32 heavy (non-hydrogen) atoms. The standard InChI is InChI=1S/C26H19Cl2N3O/c1-17-6-2-4-8-24(17)30-26(32)19(14-29)13-20-16-31(25-9-5-3-7-21(20)25)15-18-10-11-22(27)23(28)12-18/h2-13,16H,15H2,1H3,(H,30,32)/b19-13-. The van der Waals surface area contributed by atoms with Crippen LogP contribution in [0.15, 0.2) is 78.5 Å². The van der Waals surface area contributed by atoms with E-state index in [4.69, 9.17) is 23.2 Å². The van der Waals surface area contributed by atoms with Crippen molar-refractivity contribution in [3.05, 3.63) is 105 Å². The lowest BCUT2D eigenvalue weighted by atomic mass is 10.1. The summed E-state index contributed by atoms with van der Waals surface area (Å²) in [7, 11) is 0. The maximum absolute atomic E-state index is 12.8. The van der Waals surface area contributed by atoms with E-state index in [1.807, 2.05) is 79.9 Å². The molecule has 1 N–H and O–H groups in total. The van der Waals surface area contributed by atoms with Gasteiger partial charge < -0.3 is 9.88 Å². The van der Waals surface area contributed by atoms with Gasteiger partial charge in [-0.2, -0.15) is 5.26 Å². The van der Waals surface area contributed by atoms with Crippen LogP contribution in [0.1, 0.15) is 16.7 Å². The Morgan fingerprint density at radius 3 is 2.56 bits per heavy atom. The second kappa shape index (κ2) is 9.32. The summed E-state index contributed by atoms with van der Waals surface area (Å²) < 4.78 is 2.06. The van der Waals surface area contributed by atoms with Gasteiger partial charge in [0.15, 0.2) is 0 Å².